The molecule has 2 rings (SSSR count). The molecule has 2 aromatic carbocycles. The minimum absolute atomic E-state index is 0. The van der Waals surface area contributed by atoms with Crippen molar-refractivity contribution in [3.63, 3.8) is 0 Å². The lowest BCUT2D eigenvalue weighted by molar-refractivity contribution is 0.383. The molecule has 0 heterocycles. The summed E-state index contributed by atoms with van der Waals surface area (Å²) in [5, 5.41) is 10.2. The maximum absolute atomic E-state index is 10.5. The summed E-state index contributed by atoms with van der Waals surface area (Å²) in [7, 11) is -6.37. The van der Waals surface area contributed by atoms with Gasteiger partial charge in [0.05, 0.1) is 22.7 Å². The highest BCUT2D eigenvalue weighted by molar-refractivity contribution is 7.86. The molecule has 0 saturated carbocycles. The fourth-order valence-electron chi connectivity index (χ4n) is 2.93. The van der Waals surface area contributed by atoms with Crippen molar-refractivity contribution in [1.29, 1.82) is 5.41 Å². The number of nitrogens with one attached hydrogen (secondary N) is 2. The summed E-state index contributed by atoms with van der Waals surface area (Å²) in [6.45, 7) is 9.06. The number of nitrogens with zero attached hydrogens (tertiary/aromatic N) is 1. The summed E-state index contributed by atoms with van der Waals surface area (Å²) in [6, 6.07) is 12.1. The van der Waals surface area contributed by atoms with Gasteiger partial charge in [-0.05, 0) is 64.3 Å². The van der Waals surface area contributed by atoms with Crippen molar-refractivity contribution in [1.82, 2.24) is 5.32 Å². The van der Waals surface area contributed by atoms with Crippen LogP contribution in [-0.2, 0) is 25.0 Å². The molecule has 0 spiro atoms. The minimum Gasteiger partial charge on any atom is -0.484 e. The van der Waals surface area contributed by atoms with Crippen molar-refractivity contribution >= 4 is 44.4 Å². The second-order valence-corrected chi connectivity index (χ2v) is 11.9. The highest BCUT2D eigenvalue weighted by Gasteiger charge is 2.08. The summed E-state index contributed by atoms with van der Waals surface area (Å²) < 4.78 is 64.3. The number of hydrogen-bond donors (Lipinski definition) is 5. The molecule has 234 valence electrons. The lowest BCUT2D eigenvalue weighted by atomic mass is 10.1. The lowest BCUT2D eigenvalue weighted by Gasteiger charge is -2.12. The Labute approximate surface area is 251 Å². The molecule has 41 heavy (non-hydrogen) atoms. The largest absolute Gasteiger partial charge is 0.484 e. The summed E-state index contributed by atoms with van der Waals surface area (Å²) >= 11 is 0. The first-order valence-electron chi connectivity index (χ1n) is 12.8. The van der Waals surface area contributed by atoms with Crippen LogP contribution in [0, 0.1) is 19.3 Å². The van der Waals surface area contributed by atoms with E-state index in [1.54, 1.807) is 38.3 Å². The molecule has 0 radical (unpaired) electrons. The molecule has 0 aromatic heterocycles. The molecule has 0 bridgehead atoms. The number of aryl methyl sites for hydroxylation is 2. The highest BCUT2D eigenvalue weighted by Crippen LogP contribution is 2.09. The van der Waals surface area contributed by atoms with Gasteiger partial charge in [-0.2, -0.15) is 16.8 Å². The van der Waals surface area contributed by atoms with E-state index >= 15 is 0 Å². The number of aliphatic imine (C=N–C) groups is 1. The van der Waals surface area contributed by atoms with Gasteiger partial charge in [-0.1, -0.05) is 48.7 Å². The van der Waals surface area contributed by atoms with Crippen molar-refractivity contribution in [2.24, 2.45) is 10.7 Å². The molecule has 0 fully saturated rings. The Balaban J connectivity index is 0. The van der Waals surface area contributed by atoms with Crippen LogP contribution < -0.4 is 11.1 Å². The maximum atomic E-state index is 10.5. The van der Waals surface area contributed by atoms with Crippen LogP contribution in [0.5, 0.6) is 0 Å². The average Bonchev–Trinajstić information content (AvgIpc) is 2.87. The van der Waals surface area contributed by atoms with E-state index in [4.69, 9.17) is 25.0 Å². The van der Waals surface area contributed by atoms with Crippen LogP contribution in [0.25, 0.3) is 0 Å². The molecule has 2 aromatic rings. The Morgan fingerprint density at radius 3 is 1.73 bits per heavy atom. The minimum atomic E-state index is -4.02. The van der Waals surface area contributed by atoms with E-state index in [9.17, 15) is 16.8 Å². The van der Waals surface area contributed by atoms with Gasteiger partial charge < -0.3 is 15.8 Å². The zero-order chi connectivity index (χ0) is 30.8. The van der Waals surface area contributed by atoms with Gasteiger partial charge in [-0.15, -0.1) is 12.4 Å². The smallest absolute Gasteiger partial charge is 0.294 e. The van der Waals surface area contributed by atoms with Crippen LogP contribution in [0.15, 0.2) is 63.3 Å². The molecule has 1 unspecified atom stereocenters. The van der Waals surface area contributed by atoms with E-state index in [2.05, 4.69) is 17.2 Å². The van der Waals surface area contributed by atoms with E-state index in [-0.39, 0.29) is 28.2 Å². The third-order valence-electron chi connectivity index (χ3n) is 5.27. The van der Waals surface area contributed by atoms with E-state index in [0.717, 1.165) is 55.7 Å². The van der Waals surface area contributed by atoms with Crippen molar-refractivity contribution in [2.45, 2.75) is 75.6 Å². The summed E-state index contributed by atoms with van der Waals surface area (Å²) in [5.74, 6) is 1.29. The van der Waals surface area contributed by atoms with E-state index in [1.807, 2.05) is 13.8 Å². The second-order valence-electron chi connectivity index (χ2n) is 9.07. The number of rotatable bonds is 11. The SMILES string of the molecule is CCCCN=C(CCCC(N)CNC(C)=N)OC.Cc1ccc(S(=O)(=O)O)cc1.Cc1ccc(S(=O)(=O)O)cc1.Cl. The molecule has 6 N–H and O–H groups in total. The molecule has 0 saturated heterocycles. The van der Waals surface area contributed by atoms with Crippen LogP contribution in [0.4, 0.5) is 0 Å². The number of benzene rings is 2. The first-order chi connectivity index (χ1) is 18.6. The van der Waals surface area contributed by atoms with Crippen LogP contribution in [-0.4, -0.2) is 63.9 Å². The van der Waals surface area contributed by atoms with E-state index in [1.165, 1.54) is 24.3 Å². The molecule has 11 nitrogen and oxygen atoms in total. The van der Waals surface area contributed by atoms with E-state index < -0.39 is 20.2 Å². The standard InChI is InChI=1S/C13H28N4O.2C7H8O3S.ClH/c1-4-5-9-16-13(18-3)8-6-7-12(15)10-17-11(2)14;2*1-6-2-4-7(5-3-6)11(8,9)10;/h12H,4-10,15H2,1-3H3,(H2,14,17);2*2-5H,1H3,(H,8,9,10);1H. The first-order valence-corrected chi connectivity index (χ1v) is 15.7. The summed E-state index contributed by atoms with van der Waals surface area (Å²) in [6.07, 6.45) is 4.99. The number of unbranched alkanes of at least 4 members (excludes halogenated alkanes) is 1. The molecule has 0 aliphatic rings. The third-order valence-corrected chi connectivity index (χ3v) is 7.00. The van der Waals surface area contributed by atoms with Crippen molar-refractivity contribution in [3.05, 3.63) is 59.7 Å². The summed E-state index contributed by atoms with van der Waals surface area (Å²) in [4.78, 5) is 4.27. The van der Waals surface area contributed by atoms with Crippen LogP contribution in [0.1, 0.15) is 57.1 Å². The van der Waals surface area contributed by atoms with Crippen LogP contribution >= 0.6 is 12.4 Å². The Kier molecular flexibility index (Phi) is 21.0. The molecular formula is C27H45ClN4O7S2. The van der Waals surface area contributed by atoms with Gasteiger partial charge >= 0.3 is 0 Å². The van der Waals surface area contributed by atoms with Gasteiger partial charge in [-0.25, -0.2) is 0 Å². The third kappa shape index (κ3) is 20.9. The summed E-state index contributed by atoms with van der Waals surface area (Å²) in [5.41, 5.74) is 7.84. The molecule has 1 atom stereocenters. The van der Waals surface area contributed by atoms with Gasteiger partial charge in [0.1, 0.15) is 0 Å². The maximum Gasteiger partial charge on any atom is 0.294 e. The Bertz CT molecular complexity index is 1180. The monoisotopic (exact) mass is 636 g/mol. The number of ether oxygens (including phenoxy) is 1. The molecule has 14 heteroatoms. The van der Waals surface area contributed by atoms with Crippen molar-refractivity contribution in [2.75, 3.05) is 20.2 Å². The Hall–Kier alpha value is -2.55. The Morgan fingerprint density at radius 2 is 1.39 bits per heavy atom. The number of amidine groups is 1. The quantitative estimate of drug-likeness (QED) is 0.0995. The normalized spacial score (nSPS) is 12.0. The molecule has 0 aliphatic carbocycles. The number of nitrogens with two attached hydrogens (primary N) is 1. The lowest BCUT2D eigenvalue weighted by Crippen LogP contribution is -2.35. The second kappa shape index (κ2) is 21.2. The average molecular weight is 637 g/mol. The number of halogens is 1. The fraction of sp³-hybridized carbons (Fsp3) is 0.481. The zero-order valence-corrected chi connectivity index (χ0v) is 26.8. The molecule has 0 aliphatic heterocycles. The van der Waals surface area contributed by atoms with Gasteiger partial charge in [0.25, 0.3) is 20.2 Å². The highest BCUT2D eigenvalue weighted by atomic mass is 35.5. The van der Waals surface area contributed by atoms with Gasteiger partial charge in [0.2, 0.25) is 0 Å². The molecule has 0 amide bonds. The van der Waals surface area contributed by atoms with Gasteiger partial charge in [-0.3, -0.25) is 19.5 Å². The van der Waals surface area contributed by atoms with Crippen molar-refractivity contribution in [3.8, 4) is 0 Å². The Morgan fingerprint density at radius 1 is 0.951 bits per heavy atom. The fourth-order valence-corrected chi connectivity index (χ4v) is 3.89. The number of hydrogen-bond acceptors (Lipinski definition) is 8. The predicted molar refractivity (Wildman–Crippen MR) is 167 cm³/mol. The van der Waals surface area contributed by atoms with Crippen LogP contribution in [0.2, 0.25) is 0 Å². The topological polar surface area (TPSA) is 192 Å². The predicted octanol–water partition coefficient (Wildman–Crippen LogP) is 4.82. The van der Waals surface area contributed by atoms with Crippen LogP contribution in [0.3, 0.4) is 0 Å². The van der Waals surface area contributed by atoms with Crippen molar-refractivity contribution < 1.29 is 30.7 Å². The number of methoxy groups -OCH3 is 1. The zero-order valence-electron chi connectivity index (χ0n) is 24.3. The first kappa shape index (κ1) is 40.6. The van der Waals surface area contributed by atoms with Gasteiger partial charge in [0.15, 0.2) is 5.90 Å². The van der Waals surface area contributed by atoms with E-state index in [0.29, 0.717) is 12.4 Å². The molecular weight excluding hydrogens is 592 g/mol. The van der Waals surface area contributed by atoms with Gasteiger partial charge in [0, 0.05) is 25.6 Å².